The molecule has 2 atom stereocenters. The highest BCUT2D eigenvalue weighted by Gasteiger charge is 2.29. The molecule has 0 aliphatic carbocycles. The van der Waals surface area contributed by atoms with Crippen LogP contribution in [-0.4, -0.2) is 37.7 Å². The molecule has 6 nitrogen and oxygen atoms in total. The fourth-order valence-electron chi connectivity index (χ4n) is 3.16. The van der Waals surface area contributed by atoms with Crippen molar-refractivity contribution in [3.8, 4) is 0 Å². The Morgan fingerprint density at radius 2 is 2.21 bits per heavy atom. The molecule has 3 aromatic rings. The second-order valence-electron chi connectivity index (χ2n) is 5.17. The molecule has 2 N–H and O–H groups in total. The number of hydrogen-bond acceptors (Lipinski definition) is 4. The molecule has 98 valence electrons. The molecule has 1 saturated heterocycles. The molecule has 0 aromatic carbocycles. The van der Waals surface area contributed by atoms with E-state index in [1.807, 2.05) is 12.4 Å². The van der Waals surface area contributed by atoms with E-state index in [1.165, 1.54) is 12.1 Å². The van der Waals surface area contributed by atoms with Gasteiger partial charge in [-0.25, -0.2) is 9.97 Å². The summed E-state index contributed by atoms with van der Waals surface area (Å²) in [6.07, 6.45) is 6.80. The number of aromatic nitrogens is 5. The van der Waals surface area contributed by atoms with Gasteiger partial charge in [0, 0.05) is 24.4 Å². The van der Waals surface area contributed by atoms with Gasteiger partial charge in [0.15, 0.2) is 11.3 Å². The minimum Gasteiger partial charge on any atom is -0.316 e. The largest absolute Gasteiger partial charge is 0.316 e. The number of H-pyrrole nitrogens is 1. The maximum atomic E-state index is 4.49. The van der Waals surface area contributed by atoms with Crippen molar-refractivity contribution in [3.63, 3.8) is 0 Å². The summed E-state index contributed by atoms with van der Waals surface area (Å²) in [5.41, 5.74) is 3.98. The van der Waals surface area contributed by atoms with Crippen LogP contribution in [0.3, 0.4) is 0 Å². The third-order valence-corrected chi connectivity index (χ3v) is 4.21. The molecular formula is C13H16N6. The highest BCUT2D eigenvalue weighted by Crippen LogP contribution is 2.31. The summed E-state index contributed by atoms with van der Waals surface area (Å²) >= 11 is 0. The second-order valence-corrected chi connectivity index (χ2v) is 5.17. The topological polar surface area (TPSA) is 70.9 Å². The van der Waals surface area contributed by atoms with E-state index < -0.39 is 0 Å². The van der Waals surface area contributed by atoms with E-state index in [4.69, 9.17) is 0 Å². The van der Waals surface area contributed by atoms with Gasteiger partial charge in [-0.15, -0.1) is 0 Å². The standard InChI is InChI=1S/C13H16N6/c1-2-8-3-14-4-9(8)10-5-15-12-7-16-13-11(19(10)12)6-17-18-13/h5-9,14H,2-4H2,1H3,(H,17,18)/t8-,9+/m0/s1. The third kappa shape index (κ3) is 1.49. The van der Waals surface area contributed by atoms with Crippen LogP contribution in [0.5, 0.6) is 0 Å². The van der Waals surface area contributed by atoms with Gasteiger partial charge in [0.25, 0.3) is 0 Å². The van der Waals surface area contributed by atoms with Gasteiger partial charge >= 0.3 is 0 Å². The minimum atomic E-state index is 0.514. The average Bonchev–Trinajstić information content (AvgIpc) is 3.15. The zero-order chi connectivity index (χ0) is 12.8. The number of nitrogens with zero attached hydrogens (tertiary/aromatic N) is 4. The molecule has 0 saturated carbocycles. The van der Waals surface area contributed by atoms with Gasteiger partial charge in [-0.2, -0.15) is 5.10 Å². The highest BCUT2D eigenvalue weighted by molar-refractivity contribution is 5.73. The van der Waals surface area contributed by atoms with Crippen LogP contribution in [0.25, 0.3) is 16.8 Å². The van der Waals surface area contributed by atoms with Crippen LogP contribution < -0.4 is 5.32 Å². The summed E-state index contributed by atoms with van der Waals surface area (Å²) in [6, 6.07) is 0. The van der Waals surface area contributed by atoms with Crippen LogP contribution in [0.4, 0.5) is 0 Å². The predicted molar refractivity (Wildman–Crippen MR) is 72.0 cm³/mol. The van der Waals surface area contributed by atoms with Crippen molar-refractivity contribution in [1.82, 2.24) is 29.9 Å². The average molecular weight is 256 g/mol. The summed E-state index contributed by atoms with van der Waals surface area (Å²) < 4.78 is 2.19. The number of hydrogen-bond donors (Lipinski definition) is 2. The van der Waals surface area contributed by atoms with Crippen molar-refractivity contribution in [1.29, 1.82) is 0 Å². The van der Waals surface area contributed by atoms with Gasteiger partial charge in [0.1, 0.15) is 5.52 Å². The Labute approximate surface area is 110 Å². The number of rotatable bonds is 2. The molecule has 1 aliphatic heterocycles. The van der Waals surface area contributed by atoms with Gasteiger partial charge in [-0.05, 0) is 12.5 Å². The molecule has 19 heavy (non-hydrogen) atoms. The van der Waals surface area contributed by atoms with E-state index >= 15 is 0 Å². The van der Waals surface area contributed by atoms with Gasteiger partial charge in [0.05, 0.1) is 12.4 Å². The first-order valence-corrected chi connectivity index (χ1v) is 6.74. The van der Waals surface area contributed by atoms with Crippen molar-refractivity contribution >= 4 is 16.8 Å². The number of nitrogens with one attached hydrogen (secondary N) is 2. The van der Waals surface area contributed by atoms with E-state index in [2.05, 4.69) is 36.8 Å². The lowest BCUT2D eigenvalue weighted by atomic mass is 9.91. The van der Waals surface area contributed by atoms with Crippen LogP contribution in [0.2, 0.25) is 0 Å². The summed E-state index contributed by atoms with van der Waals surface area (Å²) in [6.45, 7) is 4.37. The normalized spacial score (nSPS) is 23.6. The third-order valence-electron chi connectivity index (χ3n) is 4.21. The number of aromatic amines is 1. The monoisotopic (exact) mass is 256 g/mol. The van der Waals surface area contributed by atoms with Gasteiger partial charge in [-0.1, -0.05) is 13.3 Å². The zero-order valence-electron chi connectivity index (χ0n) is 10.8. The molecule has 4 rings (SSSR count). The molecule has 0 spiro atoms. The van der Waals surface area contributed by atoms with Crippen molar-refractivity contribution in [3.05, 3.63) is 24.3 Å². The summed E-state index contributed by atoms with van der Waals surface area (Å²) in [5.74, 6) is 1.19. The van der Waals surface area contributed by atoms with Crippen LogP contribution >= 0.6 is 0 Å². The van der Waals surface area contributed by atoms with E-state index in [-0.39, 0.29) is 0 Å². The van der Waals surface area contributed by atoms with Crippen LogP contribution in [-0.2, 0) is 0 Å². The lowest BCUT2D eigenvalue weighted by molar-refractivity contribution is 0.493. The fourth-order valence-corrected chi connectivity index (χ4v) is 3.16. The smallest absolute Gasteiger partial charge is 0.172 e. The molecular weight excluding hydrogens is 240 g/mol. The lowest BCUT2D eigenvalue weighted by Gasteiger charge is -2.16. The van der Waals surface area contributed by atoms with Gasteiger partial charge in [-0.3, -0.25) is 9.50 Å². The van der Waals surface area contributed by atoms with Gasteiger partial charge < -0.3 is 5.32 Å². The molecule has 0 unspecified atom stereocenters. The van der Waals surface area contributed by atoms with E-state index in [0.717, 1.165) is 29.9 Å². The fraction of sp³-hybridized carbons (Fsp3) is 0.462. The molecule has 6 heteroatoms. The Bertz CT molecular complexity index is 727. The number of imidazole rings is 1. The Hall–Kier alpha value is -1.95. The van der Waals surface area contributed by atoms with Crippen LogP contribution in [0, 0.1) is 5.92 Å². The maximum absolute atomic E-state index is 4.49. The molecule has 0 radical (unpaired) electrons. The highest BCUT2D eigenvalue weighted by atomic mass is 15.2. The second kappa shape index (κ2) is 4.03. The summed E-state index contributed by atoms with van der Waals surface area (Å²) in [4.78, 5) is 8.82. The Balaban J connectivity index is 1.96. The Kier molecular flexibility index (Phi) is 2.32. The molecule has 1 aliphatic rings. The van der Waals surface area contributed by atoms with Crippen molar-refractivity contribution in [2.24, 2.45) is 5.92 Å². The van der Waals surface area contributed by atoms with Crippen molar-refractivity contribution in [2.45, 2.75) is 19.3 Å². The SMILES string of the molecule is CC[C@H]1CNC[C@H]1c1cnc2cnc3[nH]ncc3n12. The van der Waals surface area contributed by atoms with Crippen LogP contribution in [0.1, 0.15) is 25.0 Å². The first-order chi connectivity index (χ1) is 9.38. The zero-order valence-corrected chi connectivity index (χ0v) is 10.8. The summed E-state index contributed by atoms with van der Waals surface area (Å²) in [5, 5.41) is 10.5. The van der Waals surface area contributed by atoms with Crippen molar-refractivity contribution in [2.75, 3.05) is 13.1 Å². The molecule has 1 fully saturated rings. The quantitative estimate of drug-likeness (QED) is 0.725. The predicted octanol–water partition coefficient (Wildman–Crippen LogP) is 1.32. The minimum absolute atomic E-state index is 0.514. The van der Waals surface area contributed by atoms with E-state index in [9.17, 15) is 0 Å². The first kappa shape index (κ1) is 10.9. The van der Waals surface area contributed by atoms with E-state index in [1.54, 1.807) is 6.20 Å². The van der Waals surface area contributed by atoms with Crippen molar-refractivity contribution < 1.29 is 0 Å². The van der Waals surface area contributed by atoms with E-state index in [0.29, 0.717) is 11.8 Å². The number of fused-ring (bicyclic) bond motifs is 3. The lowest BCUT2D eigenvalue weighted by Crippen LogP contribution is -2.12. The maximum Gasteiger partial charge on any atom is 0.172 e. The Morgan fingerprint density at radius 3 is 3.11 bits per heavy atom. The molecule has 0 bridgehead atoms. The van der Waals surface area contributed by atoms with Crippen LogP contribution in [0.15, 0.2) is 18.6 Å². The molecule has 4 heterocycles. The first-order valence-electron chi connectivity index (χ1n) is 6.74. The molecule has 0 amide bonds. The Morgan fingerprint density at radius 1 is 1.26 bits per heavy atom. The van der Waals surface area contributed by atoms with Gasteiger partial charge in [0.2, 0.25) is 0 Å². The summed E-state index contributed by atoms with van der Waals surface area (Å²) in [7, 11) is 0. The molecule has 3 aromatic heterocycles.